The molecule has 0 radical (unpaired) electrons. The number of benzene rings is 1. The molecule has 0 heterocycles. The van der Waals surface area contributed by atoms with Crippen molar-refractivity contribution in [1.82, 2.24) is 0 Å². The Hall–Kier alpha value is -1.65. The van der Waals surface area contributed by atoms with Gasteiger partial charge >= 0.3 is 0 Å². The monoisotopic (exact) mass is 266 g/mol. The smallest absolute Gasteiger partial charge is 0.295 e. The fourth-order valence-electron chi connectivity index (χ4n) is 2.87. The maximum Gasteiger partial charge on any atom is 0.295 e. The van der Waals surface area contributed by atoms with Crippen LogP contribution in [-0.4, -0.2) is 11.0 Å². The molecule has 1 aliphatic rings. The van der Waals surface area contributed by atoms with Gasteiger partial charge in [0.2, 0.25) is 0 Å². The zero-order valence-electron chi connectivity index (χ0n) is 11.2. The molecular weight excluding hydrogens is 247 g/mol. The van der Waals surface area contributed by atoms with E-state index in [4.69, 9.17) is 0 Å². The Morgan fingerprint density at radius 2 is 2.11 bits per heavy atom. The Kier molecular flexibility index (Phi) is 4.02. The van der Waals surface area contributed by atoms with Gasteiger partial charge in [-0.05, 0) is 37.2 Å². The molecule has 1 saturated carbocycles. The lowest BCUT2D eigenvalue weighted by Crippen LogP contribution is -2.33. The zero-order chi connectivity index (χ0) is 14.0. The van der Waals surface area contributed by atoms with Crippen LogP contribution in [-0.2, 0) is 0 Å². The second kappa shape index (κ2) is 5.55. The summed E-state index contributed by atoms with van der Waals surface area (Å²) in [4.78, 5) is 10.4. The van der Waals surface area contributed by atoms with Gasteiger partial charge in [-0.25, -0.2) is 4.39 Å². The second-order valence-electron chi connectivity index (χ2n) is 5.54. The van der Waals surface area contributed by atoms with Crippen LogP contribution in [0.25, 0.3) is 0 Å². The summed E-state index contributed by atoms with van der Waals surface area (Å²) in [6.45, 7) is 4.32. The van der Waals surface area contributed by atoms with Crippen molar-refractivity contribution in [1.29, 1.82) is 0 Å². The Labute approximate surface area is 112 Å². The van der Waals surface area contributed by atoms with Crippen molar-refractivity contribution < 1.29 is 9.31 Å². The molecule has 3 unspecified atom stereocenters. The maximum absolute atomic E-state index is 13.8. The summed E-state index contributed by atoms with van der Waals surface area (Å²) in [7, 11) is 0. The van der Waals surface area contributed by atoms with Gasteiger partial charge in [-0.2, -0.15) is 0 Å². The van der Waals surface area contributed by atoms with Crippen molar-refractivity contribution in [2.24, 2.45) is 11.8 Å². The van der Waals surface area contributed by atoms with Crippen molar-refractivity contribution in [3.8, 4) is 0 Å². The van der Waals surface area contributed by atoms with E-state index in [1.165, 1.54) is 18.2 Å². The van der Waals surface area contributed by atoms with Crippen LogP contribution in [0.5, 0.6) is 0 Å². The van der Waals surface area contributed by atoms with Gasteiger partial charge in [-0.15, -0.1) is 0 Å². The molecule has 0 spiro atoms. The Morgan fingerprint density at radius 3 is 2.74 bits per heavy atom. The SMILES string of the molecule is CC1CCC(Nc2c(F)cccc2[N+](=O)[O-])C(C)C1. The summed E-state index contributed by atoms with van der Waals surface area (Å²) in [5.41, 5.74) is -0.162. The molecule has 3 atom stereocenters. The first-order valence-electron chi connectivity index (χ1n) is 6.68. The number of nitrogens with one attached hydrogen (secondary N) is 1. The number of nitro benzene ring substituents is 1. The van der Waals surface area contributed by atoms with Crippen molar-refractivity contribution in [3.05, 3.63) is 34.1 Å². The summed E-state index contributed by atoms with van der Waals surface area (Å²) < 4.78 is 13.8. The van der Waals surface area contributed by atoms with E-state index >= 15 is 0 Å². The highest BCUT2D eigenvalue weighted by Gasteiger charge is 2.28. The normalized spacial score (nSPS) is 27.0. The van der Waals surface area contributed by atoms with Crippen LogP contribution in [0.15, 0.2) is 18.2 Å². The van der Waals surface area contributed by atoms with Crippen molar-refractivity contribution in [3.63, 3.8) is 0 Å². The van der Waals surface area contributed by atoms with E-state index in [1.54, 1.807) is 0 Å². The van der Waals surface area contributed by atoms with Gasteiger partial charge < -0.3 is 5.32 Å². The lowest BCUT2D eigenvalue weighted by molar-refractivity contribution is -0.384. The van der Waals surface area contributed by atoms with E-state index in [0.29, 0.717) is 11.8 Å². The molecular formula is C14H19FN2O2. The predicted molar refractivity (Wildman–Crippen MR) is 72.6 cm³/mol. The van der Waals surface area contributed by atoms with Crippen LogP contribution < -0.4 is 5.32 Å². The quantitative estimate of drug-likeness (QED) is 0.665. The largest absolute Gasteiger partial charge is 0.374 e. The molecule has 1 aromatic carbocycles. The van der Waals surface area contributed by atoms with E-state index in [1.807, 2.05) is 0 Å². The van der Waals surface area contributed by atoms with Crippen LogP contribution in [0.3, 0.4) is 0 Å². The highest BCUT2D eigenvalue weighted by Crippen LogP contribution is 2.34. The Morgan fingerprint density at radius 1 is 1.37 bits per heavy atom. The Balaban J connectivity index is 2.21. The third-order valence-electron chi connectivity index (χ3n) is 3.95. The van der Waals surface area contributed by atoms with Gasteiger partial charge in [0.05, 0.1) is 4.92 Å². The molecule has 0 amide bonds. The molecule has 2 rings (SSSR count). The van der Waals surface area contributed by atoms with E-state index in [0.717, 1.165) is 19.3 Å². The summed E-state index contributed by atoms with van der Waals surface area (Å²) in [6, 6.07) is 4.06. The minimum atomic E-state index is -0.556. The average molecular weight is 266 g/mol. The van der Waals surface area contributed by atoms with Gasteiger partial charge in [0.1, 0.15) is 5.69 Å². The van der Waals surface area contributed by atoms with Crippen LogP contribution >= 0.6 is 0 Å². The number of nitro groups is 1. The van der Waals surface area contributed by atoms with Crippen LogP contribution in [0.2, 0.25) is 0 Å². The average Bonchev–Trinajstić information content (AvgIpc) is 2.34. The second-order valence-corrected chi connectivity index (χ2v) is 5.54. The first kappa shape index (κ1) is 13.8. The summed E-state index contributed by atoms with van der Waals surface area (Å²) in [5, 5.41) is 14.0. The molecule has 1 aromatic rings. The molecule has 1 aliphatic carbocycles. The highest BCUT2D eigenvalue weighted by atomic mass is 19.1. The third kappa shape index (κ3) is 3.03. The maximum atomic E-state index is 13.8. The molecule has 0 bridgehead atoms. The number of hydrogen-bond donors (Lipinski definition) is 1. The number of rotatable bonds is 3. The van der Waals surface area contributed by atoms with Crippen molar-refractivity contribution >= 4 is 11.4 Å². The standard InChI is InChI=1S/C14H19FN2O2/c1-9-6-7-12(10(2)8-9)16-14-11(15)4-3-5-13(14)17(18)19/h3-5,9-10,12,16H,6-8H2,1-2H3. The van der Waals surface area contributed by atoms with Gasteiger partial charge in [0.25, 0.3) is 5.69 Å². The summed E-state index contributed by atoms with van der Waals surface area (Å²) in [6.07, 6.45) is 3.07. The van der Waals surface area contributed by atoms with E-state index in [-0.39, 0.29) is 17.4 Å². The van der Waals surface area contributed by atoms with Crippen LogP contribution in [0.4, 0.5) is 15.8 Å². The zero-order valence-corrected chi connectivity index (χ0v) is 11.2. The number of nitrogens with zero attached hydrogens (tertiary/aromatic N) is 1. The molecule has 0 aromatic heterocycles. The number of anilines is 1. The lowest BCUT2D eigenvalue weighted by atomic mass is 9.80. The topological polar surface area (TPSA) is 55.2 Å². The van der Waals surface area contributed by atoms with E-state index in [9.17, 15) is 14.5 Å². The summed E-state index contributed by atoms with van der Waals surface area (Å²) >= 11 is 0. The minimum absolute atomic E-state index is 0.0268. The molecule has 5 heteroatoms. The van der Waals surface area contributed by atoms with Crippen LogP contribution in [0.1, 0.15) is 33.1 Å². The Bertz CT molecular complexity index is 479. The summed E-state index contributed by atoms with van der Waals surface area (Å²) in [5.74, 6) is 0.506. The molecule has 19 heavy (non-hydrogen) atoms. The van der Waals surface area contributed by atoms with Gasteiger partial charge in [0.15, 0.2) is 5.82 Å². The molecule has 0 aliphatic heterocycles. The molecule has 4 nitrogen and oxygen atoms in total. The molecule has 1 N–H and O–H groups in total. The van der Waals surface area contributed by atoms with Crippen molar-refractivity contribution in [2.45, 2.75) is 39.2 Å². The lowest BCUT2D eigenvalue weighted by Gasteiger charge is -2.33. The molecule has 0 saturated heterocycles. The van der Waals surface area contributed by atoms with Gasteiger partial charge in [-0.1, -0.05) is 19.9 Å². The third-order valence-corrected chi connectivity index (χ3v) is 3.95. The molecule has 104 valence electrons. The van der Waals surface area contributed by atoms with Gasteiger partial charge in [-0.3, -0.25) is 10.1 Å². The minimum Gasteiger partial charge on any atom is -0.374 e. The number of halogens is 1. The first-order chi connectivity index (χ1) is 8.99. The first-order valence-corrected chi connectivity index (χ1v) is 6.68. The fraction of sp³-hybridized carbons (Fsp3) is 0.571. The van der Waals surface area contributed by atoms with E-state index < -0.39 is 10.7 Å². The fourth-order valence-corrected chi connectivity index (χ4v) is 2.87. The number of hydrogen-bond acceptors (Lipinski definition) is 3. The number of para-hydroxylation sites is 1. The van der Waals surface area contributed by atoms with E-state index in [2.05, 4.69) is 19.2 Å². The predicted octanol–water partition coefficient (Wildman–Crippen LogP) is 3.97. The van der Waals surface area contributed by atoms with Crippen LogP contribution in [0, 0.1) is 27.8 Å². The van der Waals surface area contributed by atoms with Crippen molar-refractivity contribution in [2.75, 3.05) is 5.32 Å². The molecule has 1 fully saturated rings. The van der Waals surface area contributed by atoms with Gasteiger partial charge in [0, 0.05) is 12.1 Å². The highest BCUT2D eigenvalue weighted by molar-refractivity contribution is 5.62.